The SMILES string of the molecule is COC(=O)C(C)(CCN1CCC(C(C)(C)C)C1)NC1CC1. The van der Waals surface area contributed by atoms with Crippen molar-refractivity contribution in [2.45, 2.75) is 65.0 Å². The molecule has 1 heterocycles. The predicted molar refractivity (Wildman–Crippen MR) is 85.2 cm³/mol. The molecule has 1 N–H and O–H groups in total. The number of hydrogen-bond acceptors (Lipinski definition) is 4. The number of hydrogen-bond donors (Lipinski definition) is 1. The summed E-state index contributed by atoms with van der Waals surface area (Å²) >= 11 is 0. The topological polar surface area (TPSA) is 41.6 Å². The number of carbonyl (C=O) groups excluding carboxylic acids is 1. The second kappa shape index (κ2) is 6.25. The molecular weight excluding hydrogens is 264 g/mol. The molecule has 21 heavy (non-hydrogen) atoms. The van der Waals surface area contributed by atoms with E-state index >= 15 is 0 Å². The number of methoxy groups -OCH3 is 1. The lowest BCUT2D eigenvalue weighted by Gasteiger charge is -2.31. The molecular formula is C17H32N2O2. The first kappa shape index (κ1) is 16.8. The Morgan fingerprint density at radius 1 is 1.24 bits per heavy atom. The number of ether oxygens (including phenoxy) is 1. The fourth-order valence-corrected chi connectivity index (χ4v) is 3.26. The number of nitrogens with one attached hydrogen (secondary N) is 1. The van der Waals surface area contributed by atoms with Crippen molar-refractivity contribution >= 4 is 5.97 Å². The Balaban J connectivity index is 1.86. The summed E-state index contributed by atoms with van der Waals surface area (Å²) < 4.78 is 5.01. The van der Waals surface area contributed by atoms with Gasteiger partial charge in [-0.25, -0.2) is 0 Å². The van der Waals surface area contributed by atoms with Crippen LogP contribution in [0.4, 0.5) is 0 Å². The smallest absolute Gasteiger partial charge is 0.325 e. The Labute approximate surface area is 129 Å². The number of carbonyl (C=O) groups is 1. The van der Waals surface area contributed by atoms with E-state index in [2.05, 4.69) is 31.0 Å². The molecule has 0 aromatic rings. The van der Waals surface area contributed by atoms with Crippen molar-refractivity contribution < 1.29 is 9.53 Å². The Morgan fingerprint density at radius 3 is 2.38 bits per heavy atom. The standard InChI is InChI=1S/C17H32N2O2/c1-16(2,3)13-8-10-19(12-13)11-9-17(4,15(20)21-5)18-14-6-7-14/h13-14,18H,6-12H2,1-5H3. The molecule has 1 aliphatic heterocycles. The van der Waals surface area contributed by atoms with Crippen LogP contribution >= 0.6 is 0 Å². The zero-order valence-corrected chi connectivity index (χ0v) is 14.4. The minimum absolute atomic E-state index is 0.124. The summed E-state index contributed by atoms with van der Waals surface area (Å²) in [5.41, 5.74) is -0.150. The molecule has 0 spiro atoms. The number of nitrogens with zero attached hydrogens (tertiary/aromatic N) is 1. The Bertz CT molecular complexity index is 373. The Kier molecular flexibility index (Phi) is 4.99. The van der Waals surface area contributed by atoms with Gasteiger partial charge >= 0.3 is 5.97 Å². The van der Waals surface area contributed by atoms with Crippen LogP contribution in [0.5, 0.6) is 0 Å². The van der Waals surface area contributed by atoms with Crippen LogP contribution in [0.2, 0.25) is 0 Å². The van der Waals surface area contributed by atoms with Gasteiger partial charge in [-0.2, -0.15) is 0 Å². The number of rotatable bonds is 6. The van der Waals surface area contributed by atoms with Crippen LogP contribution in [0.3, 0.4) is 0 Å². The van der Waals surface area contributed by atoms with E-state index in [1.54, 1.807) is 0 Å². The summed E-state index contributed by atoms with van der Waals surface area (Å²) in [6.45, 7) is 12.3. The normalized spacial score (nSPS) is 26.6. The summed E-state index contributed by atoms with van der Waals surface area (Å²) in [5.74, 6) is 0.638. The molecule has 0 aromatic carbocycles. The van der Waals surface area contributed by atoms with E-state index in [9.17, 15) is 4.79 Å². The van der Waals surface area contributed by atoms with Gasteiger partial charge in [0.25, 0.3) is 0 Å². The fourth-order valence-electron chi connectivity index (χ4n) is 3.26. The quantitative estimate of drug-likeness (QED) is 0.764. The van der Waals surface area contributed by atoms with Gasteiger partial charge in [0.15, 0.2) is 0 Å². The number of esters is 1. The van der Waals surface area contributed by atoms with Crippen LogP contribution in [0.25, 0.3) is 0 Å². The highest BCUT2D eigenvalue weighted by molar-refractivity contribution is 5.80. The van der Waals surface area contributed by atoms with Crippen LogP contribution < -0.4 is 5.32 Å². The maximum Gasteiger partial charge on any atom is 0.325 e. The summed E-state index contributed by atoms with van der Waals surface area (Å²) in [6.07, 6.45) is 4.46. The zero-order chi connectivity index (χ0) is 15.7. The molecule has 0 radical (unpaired) electrons. The van der Waals surface area contributed by atoms with Crippen LogP contribution in [-0.4, -0.2) is 49.2 Å². The second-order valence-electron chi connectivity index (χ2n) is 8.14. The largest absolute Gasteiger partial charge is 0.468 e. The second-order valence-corrected chi connectivity index (χ2v) is 8.14. The minimum atomic E-state index is -0.532. The van der Waals surface area contributed by atoms with E-state index in [4.69, 9.17) is 4.74 Å². The molecule has 2 rings (SSSR count). The lowest BCUT2D eigenvalue weighted by molar-refractivity contribution is -0.148. The average Bonchev–Trinajstić information content (AvgIpc) is 3.07. The summed E-state index contributed by atoms with van der Waals surface area (Å²) in [5, 5.41) is 3.48. The highest BCUT2D eigenvalue weighted by atomic mass is 16.5. The van der Waals surface area contributed by atoms with Gasteiger partial charge in [0.05, 0.1) is 7.11 Å². The molecule has 0 amide bonds. The molecule has 1 saturated carbocycles. The van der Waals surface area contributed by atoms with Crippen LogP contribution in [0.15, 0.2) is 0 Å². The van der Waals surface area contributed by atoms with Crippen molar-refractivity contribution in [2.75, 3.05) is 26.7 Å². The van der Waals surface area contributed by atoms with Crippen molar-refractivity contribution in [3.63, 3.8) is 0 Å². The van der Waals surface area contributed by atoms with E-state index in [-0.39, 0.29) is 5.97 Å². The Morgan fingerprint density at radius 2 is 1.90 bits per heavy atom. The average molecular weight is 296 g/mol. The molecule has 1 aliphatic carbocycles. The van der Waals surface area contributed by atoms with Crippen LogP contribution in [-0.2, 0) is 9.53 Å². The molecule has 2 aliphatic rings. The van der Waals surface area contributed by atoms with Crippen LogP contribution in [0.1, 0.15) is 53.4 Å². The highest BCUT2D eigenvalue weighted by Crippen LogP contribution is 2.34. The molecule has 1 saturated heterocycles. The molecule has 2 unspecified atom stereocenters. The van der Waals surface area contributed by atoms with Gasteiger partial charge in [0, 0.05) is 19.1 Å². The van der Waals surface area contributed by atoms with Crippen molar-refractivity contribution in [2.24, 2.45) is 11.3 Å². The summed E-state index contributed by atoms with van der Waals surface area (Å²) in [4.78, 5) is 14.6. The van der Waals surface area contributed by atoms with E-state index in [0.717, 1.165) is 32.0 Å². The first-order chi connectivity index (χ1) is 9.74. The van der Waals surface area contributed by atoms with E-state index in [0.29, 0.717) is 11.5 Å². The third-order valence-electron chi connectivity index (χ3n) is 5.16. The molecule has 122 valence electrons. The van der Waals surface area contributed by atoms with Gasteiger partial charge in [-0.1, -0.05) is 20.8 Å². The number of likely N-dealkylation sites (tertiary alicyclic amines) is 1. The van der Waals surface area contributed by atoms with Crippen molar-refractivity contribution in [1.82, 2.24) is 10.2 Å². The van der Waals surface area contributed by atoms with Gasteiger partial charge in [-0.05, 0) is 50.5 Å². The first-order valence-electron chi connectivity index (χ1n) is 8.33. The lowest BCUT2D eigenvalue weighted by atomic mass is 9.80. The molecule has 0 aromatic heterocycles. The molecule has 4 heteroatoms. The van der Waals surface area contributed by atoms with Gasteiger partial charge < -0.3 is 9.64 Å². The lowest BCUT2D eigenvalue weighted by Crippen LogP contribution is -2.52. The van der Waals surface area contributed by atoms with Crippen molar-refractivity contribution in [1.29, 1.82) is 0 Å². The summed E-state index contributed by atoms with van der Waals surface area (Å²) in [7, 11) is 1.49. The minimum Gasteiger partial charge on any atom is -0.468 e. The monoisotopic (exact) mass is 296 g/mol. The summed E-state index contributed by atoms with van der Waals surface area (Å²) in [6, 6.07) is 0.509. The van der Waals surface area contributed by atoms with Gasteiger partial charge in [0.2, 0.25) is 0 Å². The third kappa shape index (κ3) is 4.43. The van der Waals surface area contributed by atoms with Gasteiger partial charge in [-0.3, -0.25) is 10.1 Å². The first-order valence-corrected chi connectivity index (χ1v) is 8.33. The van der Waals surface area contributed by atoms with Crippen molar-refractivity contribution in [3.8, 4) is 0 Å². The van der Waals surface area contributed by atoms with E-state index in [1.165, 1.54) is 26.4 Å². The maximum absolute atomic E-state index is 12.1. The maximum atomic E-state index is 12.1. The highest BCUT2D eigenvalue weighted by Gasteiger charge is 2.40. The van der Waals surface area contributed by atoms with Gasteiger partial charge in [-0.15, -0.1) is 0 Å². The predicted octanol–water partition coefficient (Wildman–Crippen LogP) is 2.43. The fraction of sp³-hybridized carbons (Fsp3) is 0.941. The zero-order valence-electron chi connectivity index (χ0n) is 14.4. The van der Waals surface area contributed by atoms with Gasteiger partial charge in [0.1, 0.15) is 5.54 Å². The van der Waals surface area contributed by atoms with Crippen molar-refractivity contribution in [3.05, 3.63) is 0 Å². The Hall–Kier alpha value is -0.610. The molecule has 4 nitrogen and oxygen atoms in total. The molecule has 0 bridgehead atoms. The van der Waals surface area contributed by atoms with E-state index < -0.39 is 5.54 Å². The van der Waals surface area contributed by atoms with E-state index in [1.807, 2.05) is 6.92 Å². The molecule has 2 fully saturated rings. The van der Waals surface area contributed by atoms with Crippen LogP contribution in [0, 0.1) is 11.3 Å². The molecule has 2 atom stereocenters. The third-order valence-corrected chi connectivity index (χ3v) is 5.16.